The molecule has 94 valence electrons. The van der Waals surface area contributed by atoms with Crippen molar-refractivity contribution in [2.75, 3.05) is 12.4 Å². The summed E-state index contributed by atoms with van der Waals surface area (Å²) >= 11 is 14.1. The van der Waals surface area contributed by atoms with Gasteiger partial charge in [-0.2, -0.15) is 0 Å². The Hall–Kier alpha value is -0.590. The number of aromatic nitrogens is 2. The average molecular weight is 394 g/mol. The molecule has 2 aromatic rings. The van der Waals surface area contributed by atoms with E-state index in [0.29, 0.717) is 15.9 Å². The Morgan fingerprint density at radius 2 is 1.89 bits per heavy atom. The molecule has 1 heterocycles. The first-order chi connectivity index (χ1) is 8.52. The minimum atomic E-state index is 0.500. The zero-order chi connectivity index (χ0) is 13.3. The van der Waals surface area contributed by atoms with Crippen molar-refractivity contribution >= 4 is 51.6 Å². The zero-order valence-electron chi connectivity index (χ0n) is 9.76. The van der Waals surface area contributed by atoms with Crippen molar-refractivity contribution in [3.05, 3.63) is 37.5 Å². The Labute approximate surface area is 129 Å². The van der Waals surface area contributed by atoms with Crippen LogP contribution in [-0.4, -0.2) is 17.0 Å². The summed E-state index contributed by atoms with van der Waals surface area (Å²) in [7, 11) is 1.84. The molecule has 0 saturated heterocycles. The van der Waals surface area contributed by atoms with E-state index in [-0.39, 0.29) is 0 Å². The third-order valence-corrected chi connectivity index (χ3v) is 4.46. The number of nitrogens with one attached hydrogen (secondary N) is 1. The van der Waals surface area contributed by atoms with E-state index >= 15 is 0 Å². The van der Waals surface area contributed by atoms with Crippen LogP contribution in [0.1, 0.15) is 5.69 Å². The van der Waals surface area contributed by atoms with Crippen molar-refractivity contribution in [1.29, 1.82) is 0 Å². The smallest absolute Gasteiger partial charge is 0.161 e. The van der Waals surface area contributed by atoms with E-state index in [1.165, 1.54) is 0 Å². The van der Waals surface area contributed by atoms with Gasteiger partial charge in [-0.25, -0.2) is 9.97 Å². The van der Waals surface area contributed by atoms with Gasteiger partial charge in [0.25, 0.3) is 0 Å². The van der Waals surface area contributed by atoms with Crippen LogP contribution in [0.25, 0.3) is 11.4 Å². The molecular weight excluding hydrogens is 384 g/mol. The normalized spacial score (nSPS) is 10.5. The summed E-state index contributed by atoms with van der Waals surface area (Å²) in [5, 5.41) is 4.08. The molecule has 0 aliphatic carbocycles. The van der Waals surface area contributed by atoms with Crippen molar-refractivity contribution in [2.24, 2.45) is 0 Å². The molecule has 0 atom stereocenters. The molecular formula is C12H10Cl2IN3. The summed E-state index contributed by atoms with van der Waals surface area (Å²) in [6.45, 7) is 1.95. The molecule has 0 spiro atoms. The lowest BCUT2D eigenvalue weighted by Gasteiger charge is -2.09. The van der Waals surface area contributed by atoms with Crippen LogP contribution in [0.15, 0.2) is 18.2 Å². The molecule has 0 aliphatic heterocycles. The molecule has 1 N–H and O–H groups in total. The monoisotopic (exact) mass is 393 g/mol. The van der Waals surface area contributed by atoms with Gasteiger partial charge in [-0.05, 0) is 47.7 Å². The van der Waals surface area contributed by atoms with Gasteiger partial charge in [0.15, 0.2) is 5.82 Å². The number of hydrogen-bond donors (Lipinski definition) is 1. The van der Waals surface area contributed by atoms with Crippen LogP contribution in [0.4, 0.5) is 5.82 Å². The van der Waals surface area contributed by atoms with Crippen LogP contribution in [0.2, 0.25) is 10.0 Å². The van der Waals surface area contributed by atoms with Gasteiger partial charge in [-0.3, -0.25) is 0 Å². The number of aryl methyl sites for hydroxylation is 1. The zero-order valence-corrected chi connectivity index (χ0v) is 13.4. The second-order valence-electron chi connectivity index (χ2n) is 3.67. The molecule has 1 aromatic heterocycles. The first-order valence-corrected chi connectivity index (χ1v) is 7.03. The van der Waals surface area contributed by atoms with Crippen molar-refractivity contribution < 1.29 is 0 Å². The third kappa shape index (κ3) is 2.70. The number of halogens is 3. The molecule has 0 fully saturated rings. The minimum Gasteiger partial charge on any atom is -0.372 e. The van der Waals surface area contributed by atoms with Crippen LogP contribution in [0.5, 0.6) is 0 Å². The van der Waals surface area contributed by atoms with Crippen LogP contribution in [-0.2, 0) is 0 Å². The fraction of sp³-hybridized carbons (Fsp3) is 0.167. The molecule has 0 amide bonds. The maximum absolute atomic E-state index is 6.00. The van der Waals surface area contributed by atoms with Gasteiger partial charge in [0, 0.05) is 12.6 Å². The SMILES string of the molecule is CNc1nc(-c2ccc(Cl)c(Cl)c2)nc(C)c1I. The number of rotatable bonds is 2. The molecule has 6 heteroatoms. The van der Waals surface area contributed by atoms with Gasteiger partial charge >= 0.3 is 0 Å². The number of anilines is 1. The predicted molar refractivity (Wildman–Crippen MR) is 84.5 cm³/mol. The highest BCUT2D eigenvalue weighted by Gasteiger charge is 2.10. The van der Waals surface area contributed by atoms with Crippen molar-refractivity contribution in [2.45, 2.75) is 6.92 Å². The Kier molecular flexibility index (Phi) is 4.29. The first-order valence-electron chi connectivity index (χ1n) is 5.20. The molecule has 0 unspecified atom stereocenters. The van der Waals surface area contributed by atoms with Crippen LogP contribution < -0.4 is 5.32 Å². The highest BCUT2D eigenvalue weighted by molar-refractivity contribution is 14.1. The molecule has 0 radical (unpaired) electrons. The fourth-order valence-corrected chi connectivity index (χ4v) is 2.30. The third-order valence-electron chi connectivity index (χ3n) is 2.43. The summed E-state index contributed by atoms with van der Waals surface area (Å²) in [5.74, 6) is 1.44. The lowest BCUT2D eigenvalue weighted by molar-refractivity contribution is 1.09. The number of hydrogen-bond acceptors (Lipinski definition) is 3. The summed E-state index contributed by atoms with van der Waals surface area (Å²) < 4.78 is 1.01. The molecule has 0 aliphatic rings. The number of nitrogens with zero attached hydrogens (tertiary/aromatic N) is 2. The first kappa shape index (κ1) is 13.8. The van der Waals surface area contributed by atoms with Gasteiger partial charge < -0.3 is 5.32 Å². The van der Waals surface area contributed by atoms with E-state index in [1.54, 1.807) is 12.1 Å². The van der Waals surface area contributed by atoms with Crippen molar-refractivity contribution in [1.82, 2.24) is 9.97 Å². The summed E-state index contributed by atoms with van der Waals surface area (Å²) in [5.41, 5.74) is 1.77. The molecule has 18 heavy (non-hydrogen) atoms. The van der Waals surface area contributed by atoms with E-state index in [2.05, 4.69) is 37.9 Å². The second kappa shape index (κ2) is 5.59. The minimum absolute atomic E-state index is 0.500. The van der Waals surface area contributed by atoms with E-state index in [1.807, 2.05) is 20.0 Å². The Morgan fingerprint density at radius 1 is 1.17 bits per heavy atom. The van der Waals surface area contributed by atoms with E-state index < -0.39 is 0 Å². The highest BCUT2D eigenvalue weighted by Crippen LogP contribution is 2.28. The summed E-state index contributed by atoms with van der Waals surface area (Å²) in [6, 6.07) is 5.37. The lowest BCUT2D eigenvalue weighted by atomic mass is 10.2. The van der Waals surface area contributed by atoms with Crippen LogP contribution in [0, 0.1) is 10.5 Å². The molecule has 2 rings (SSSR count). The van der Waals surface area contributed by atoms with Gasteiger partial charge in [0.2, 0.25) is 0 Å². The standard InChI is InChI=1S/C12H10Cl2IN3/c1-6-10(15)12(16-2)18-11(17-6)7-3-4-8(13)9(14)5-7/h3-5H,1-2H3,(H,16,17,18). The molecule has 3 nitrogen and oxygen atoms in total. The van der Waals surface area contributed by atoms with Gasteiger partial charge in [-0.1, -0.05) is 23.2 Å². The van der Waals surface area contributed by atoms with E-state index in [4.69, 9.17) is 23.2 Å². The lowest BCUT2D eigenvalue weighted by Crippen LogP contribution is -2.02. The Bertz CT molecular complexity index is 602. The maximum atomic E-state index is 6.00. The van der Waals surface area contributed by atoms with Crippen molar-refractivity contribution in [3.8, 4) is 11.4 Å². The molecule has 0 saturated carbocycles. The topological polar surface area (TPSA) is 37.8 Å². The molecule has 0 bridgehead atoms. The highest BCUT2D eigenvalue weighted by atomic mass is 127. The molecule has 1 aromatic carbocycles. The average Bonchev–Trinajstić information content (AvgIpc) is 2.36. The van der Waals surface area contributed by atoms with Gasteiger partial charge in [-0.15, -0.1) is 0 Å². The van der Waals surface area contributed by atoms with Crippen LogP contribution in [0.3, 0.4) is 0 Å². The van der Waals surface area contributed by atoms with Gasteiger partial charge in [0.05, 0.1) is 19.3 Å². The summed E-state index contributed by atoms with van der Waals surface area (Å²) in [6.07, 6.45) is 0. The largest absolute Gasteiger partial charge is 0.372 e. The Morgan fingerprint density at radius 3 is 2.50 bits per heavy atom. The quantitative estimate of drug-likeness (QED) is 0.768. The summed E-state index contributed by atoms with van der Waals surface area (Å²) in [4.78, 5) is 8.92. The maximum Gasteiger partial charge on any atom is 0.161 e. The Balaban J connectivity index is 2.57. The second-order valence-corrected chi connectivity index (χ2v) is 5.57. The van der Waals surface area contributed by atoms with Crippen LogP contribution >= 0.6 is 45.8 Å². The van der Waals surface area contributed by atoms with E-state index in [9.17, 15) is 0 Å². The van der Waals surface area contributed by atoms with E-state index in [0.717, 1.165) is 20.6 Å². The van der Waals surface area contributed by atoms with Crippen molar-refractivity contribution in [3.63, 3.8) is 0 Å². The van der Waals surface area contributed by atoms with Gasteiger partial charge in [0.1, 0.15) is 5.82 Å². The number of benzene rings is 1. The fourth-order valence-electron chi connectivity index (χ4n) is 1.49. The predicted octanol–water partition coefficient (Wildman–Crippen LogP) is 4.41.